The molecule has 0 aliphatic heterocycles. The summed E-state index contributed by atoms with van der Waals surface area (Å²) in [5.41, 5.74) is 0.0178. The number of rotatable bonds is 4. The van der Waals surface area contributed by atoms with Crippen molar-refractivity contribution in [2.45, 2.75) is 0 Å². The van der Waals surface area contributed by atoms with Gasteiger partial charge in [0.2, 0.25) is 5.82 Å². The van der Waals surface area contributed by atoms with E-state index in [0.717, 1.165) is 6.07 Å². The minimum absolute atomic E-state index is 0.0731. The maximum absolute atomic E-state index is 13.5. The van der Waals surface area contributed by atoms with Gasteiger partial charge in [0.05, 0.1) is 17.7 Å². The van der Waals surface area contributed by atoms with Crippen molar-refractivity contribution < 1.29 is 14.1 Å². The molecule has 2 aromatic carbocycles. The number of nitrogens with zero attached hydrogens (tertiary/aromatic N) is 1. The standard InChI is InChI=1S/C13H10BrFN2O3/c1-20-8-5-6-9(14)12(7-8)16-11-4-2-3-10(15)13(11)17(18)19/h2-7,16H,1H3. The molecule has 0 saturated carbocycles. The van der Waals surface area contributed by atoms with Crippen LogP contribution < -0.4 is 10.1 Å². The number of nitrogens with one attached hydrogen (secondary N) is 1. The molecule has 5 nitrogen and oxygen atoms in total. The van der Waals surface area contributed by atoms with Gasteiger partial charge in [0.1, 0.15) is 11.4 Å². The zero-order valence-corrected chi connectivity index (χ0v) is 12.0. The van der Waals surface area contributed by atoms with E-state index in [4.69, 9.17) is 4.74 Å². The van der Waals surface area contributed by atoms with Crippen LogP contribution >= 0.6 is 15.9 Å². The van der Waals surface area contributed by atoms with Crippen molar-refractivity contribution in [3.05, 3.63) is 56.8 Å². The van der Waals surface area contributed by atoms with Crippen LogP contribution in [0.4, 0.5) is 21.5 Å². The van der Waals surface area contributed by atoms with Crippen molar-refractivity contribution in [3.63, 3.8) is 0 Å². The molecule has 0 fully saturated rings. The maximum atomic E-state index is 13.5. The number of benzene rings is 2. The van der Waals surface area contributed by atoms with Gasteiger partial charge in [-0.25, -0.2) is 0 Å². The monoisotopic (exact) mass is 340 g/mol. The highest BCUT2D eigenvalue weighted by Gasteiger charge is 2.20. The number of para-hydroxylation sites is 1. The Morgan fingerprint density at radius 1 is 1.30 bits per heavy atom. The summed E-state index contributed by atoms with van der Waals surface area (Å²) in [7, 11) is 1.51. The van der Waals surface area contributed by atoms with Gasteiger partial charge in [-0.1, -0.05) is 6.07 Å². The van der Waals surface area contributed by atoms with E-state index in [2.05, 4.69) is 21.2 Å². The summed E-state index contributed by atoms with van der Waals surface area (Å²) in [5.74, 6) is -0.311. The molecule has 1 N–H and O–H groups in total. The molecule has 0 heterocycles. The fourth-order valence-corrected chi connectivity index (χ4v) is 2.02. The van der Waals surface area contributed by atoms with E-state index in [1.807, 2.05) is 0 Å². The van der Waals surface area contributed by atoms with E-state index in [9.17, 15) is 14.5 Å². The van der Waals surface area contributed by atoms with Crippen LogP contribution in [0.2, 0.25) is 0 Å². The molecule has 0 saturated heterocycles. The molecule has 0 atom stereocenters. The van der Waals surface area contributed by atoms with Crippen LogP contribution in [0, 0.1) is 15.9 Å². The van der Waals surface area contributed by atoms with Gasteiger partial charge < -0.3 is 10.1 Å². The topological polar surface area (TPSA) is 64.4 Å². The van der Waals surface area contributed by atoms with Gasteiger partial charge in [-0.3, -0.25) is 10.1 Å². The van der Waals surface area contributed by atoms with E-state index in [1.165, 1.54) is 19.2 Å². The summed E-state index contributed by atoms with van der Waals surface area (Å²) < 4.78 is 19.3. The first-order valence-corrected chi connectivity index (χ1v) is 6.35. The summed E-state index contributed by atoms with van der Waals surface area (Å²) in [5, 5.41) is 13.8. The Kier molecular flexibility index (Phi) is 4.19. The highest BCUT2D eigenvalue weighted by atomic mass is 79.9. The van der Waals surface area contributed by atoms with Crippen molar-refractivity contribution in [1.82, 2.24) is 0 Å². The number of nitro groups is 1. The second-order valence-electron chi connectivity index (χ2n) is 3.86. The molecular weight excluding hydrogens is 331 g/mol. The lowest BCUT2D eigenvalue weighted by Crippen LogP contribution is -2.00. The maximum Gasteiger partial charge on any atom is 0.327 e. The summed E-state index contributed by atoms with van der Waals surface area (Å²) >= 11 is 3.32. The van der Waals surface area contributed by atoms with E-state index < -0.39 is 16.4 Å². The fraction of sp³-hybridized carbons (Fsp3) is 0.0769. The Balaban J connectivity index is 2.45. The molecular formula is C13H10BrFN2O3. The predicted molar refractivity (Wildman–Crippen MR) is 77.0 cm³/mol. The van der Waals surface area contributed by atoms with Crippen molar-refractivity contribution >= 4 is 33.0 Å². The zero-order chi connectivity index (χ0) is 14.7. The van der Waals surface area contributed by atoms with E-state index in [-0.39, 0.29) is 5.69 Å². The molecule has 104 valence electrons. The smallest absolute Gasteiger partial charge is 0.327 e. The van der Waals surface area contributed by atoms with E-state index in [1.54, 1.807) is 18.2 Å². The van der Waals surface area contributed by atoms with Gasteiger partial charge in [-0.05, 0) is 40.2 Å². The lowest BCUT2D eigenvalue weighted by molar-refractivity contribution is -0.386. The number of methoxy groups -OCH3 is 1. The van der Waals surface area contributed by atoms with Crippen LogP contribution in [0.15, 0.2) is 40.9 Å². The van der Waals surface area contributed by atoms with Gasteiger partial charge >= 0.3 is 5.69 Å². The lowest BCUT2D eigenvalue weighted by Gasteiger charge is -2.10. The molecule has 7 heteroatoms. The van der Waals surface area contributed by atoms with Gasteiger partial charge in [0.25, 0.3) is 0 Å². The number of hydrogen-bond acceptors (Lipinski definition) is 4. The third kappa shape index (κ3) is 2.88. The van der Waals surface area contributed by atoms with Crippen molar-refractivity contribution in [2.24, 2.45) is 0 Å². The van der Waals surface area contributed by atoms with Crippen molar-refractivity contribution in [1.29, 1.82) is 0 Å². The molecule has 0 bridgehead atoms. The van der Waals surface area contributed by atoms with Crippen molar-refractivity contribution in [3.8, 4) is 5.75 Å². The normalized spacial score (nSPS) is 10.2. The lowest BCUT2D eigenvalue weighted by atomic mass is 10.2. The number of hydrogen-bond donors (Lipinski definition) is 1. The second-order valence-corrected chi connectivity index (χ2v) is 4.72. The van der Waals surface area contributed by atoms with Crippen LogP contribution in [0.25, 0.3) is 0 Å². The summed E-state index contributed by atoms with van der Waals surface area (Å²) in [6, 6.07) is 9.00. The quantitative estimate of drug-likeness (QED) is 0.667. The average molecular weight is 341 g/mol. The molecule has 0 aliphatic rings. The number of nitro benzene ring substituents is 1. The Labute approximate surface area is 122 Å². The van der Waals surface area contributed by atoms with Gasteiger partial charge in [-0.15, -0.1) is 0 Å². The third-order valence-corrected chi connectivity index (χ3v) is 3.30. The largest absolute Gasteiger partial charge is 0.497 e. The summed E-state index contributed by atoms with van der Waals surface area (Å²) in [4.78, 5) is 10.2. The summed E-state index contributed by atoms with van der Waals surface area (Å²) in [6.45, 7) is 0. The van der Waals surface area contributed by atoms with Crippen LogP contribution in [-0.2, 0) is 0 Å². The number of ether oxygens (including phenoxy) is 1. The SMILES string of the molecule is COc1ccc(Br)c(Nc2cccc(F)c2[N+](=O)[O-])c1. The average Bonchev–Trinajstić information content (AvgIpc) is 2.41. The fourth-order valence-electron chi connectivity index (χ4n) is 1.67. The minimum Gasteiger partial charge on any atom is -0.497 e. The van der Waals surface area contributed by atoms with E-state index in [0.29, 0.717) is 15.9 Å². The second kappa shape index (κ2) is 5.87. The van der Waals surface area contributed by atoms with Crippen LogP contribution in [0.3, 0.4) is 0 Å². The Morgan fingerprint density at radius 2 is 2.05 bits per heavy atom. The summed E-state index contributed by atoms with van der Waals surface area (Å²) in [6.07, 6.45) is 0. The molecule has 0 amide bonds. The molecule has 2 aromatic rings. The molecule has 0 unspecified atom stereocenters. The van der Waals surface area contributed by atoms with Crippen LogP contribution in [-0.4, -0.2) is 12.0 Å². The number of halogens is 2. The zero-order valence-electron chi connectivity index (χ0n) is 10.4. The van der Waals surface area contributed by atoms with Gasteiger partial charge in [0.15, 0.2) is 0 Å². The highest BCUT2D eigenvalue weighted by Crippen LogP contribution is 2.34. The molecule has 0 radical (unpaired) electrons. The molecule has 2 rings (SSSR count). The molecule has 20 heavy (non-hydrogen) atoms. The van der Waals surface area contributed by atoms with Crippen LogP contribution in [0.1, 0.15) is 0 Å². The van der Waals surface area contributed by atoms with E-state index >= 15 is 0 Å². The third-order valence-electron chi connectivity index (χ3n) is 2.61. The minimum atomic E-state index is -0.890. The van der Waals surface area contributed by atoms with Crippen LogP contribution in [0.5, 0.6) is 5.75 Å². The van der Waals surface area contributed by atoms with Crippen molar-refractivity contribution in [2.75, 3.05) is 12.4 Å². The highest BCUT2D eigenvalue weighted by molar-refractivity contribution is 9.10. The Bertz CT molecular complexity index is 664. The first-order chi connectivity index (χ1) is 9.52. The Morgan fingerprint density at radius 3 is 2.70 bits per heavy atom. The first kappa shape index (κ1) is 14.3. The molecule has 0 aliphatic carbocycles. The number of anilines is 2. The first-order valence-electron chi connectivity index (χ1n) is 5.56. The predicted octanol–water partition coefficient (Wildman–Crippen LogP) is 4.25. The molecule has 0 aromatic heterocycles. The Hall–Kier alpha value is -2.15. The van der Waals surface area contributed by atoms with Gasteiger partial charge in [0, 0.05) is 10.5 Å². The van der Waals surface area contributed by atoms with Gasteiger partial charge in [-0.2, -0.15) is 4.39 Å². The molecule has 0 spiro atoms.